The number of nitrogens with two attached hydrogens (primary N) is 1. The van der Waals surface area contributed by atoms with E-state index in [1.54, 1.807) is 12.1 Å². The number of hydrogen-bond acceptors (Lipinski definition) is 3. The van der Waals surface area contributed by atoms with E-state index in [0.29, 0.717) is 16.8 Å². The lowest BCUT2D eigenvalue weighted by Gasteiger charge is -2.31. The Morgan fingerprint density at radius 1 is 1.33 bits per heavy atom. The van der Waals surface area contributed by atoms with Gasteiger partial charge in [-0.2, -0.15) is 0 Å². The van der Waals surface area contributed by atoms with E-state index in [0.717, 1.165) is 10.2 Å². The summed E-state index contributed by atoms with van der Waals surface area (Å²) in [5, 5.41) is 0. The second-order valence-electron chi connectivity index (χ2n) is 4.88. The van der Waals surface area contributed by atoms with Crippen molar-refractivity contribution in [1.82, 2.24) is 4.90 Å². The van der Waals surface area contributed by atoms with E-state index >= 15 is 0 Å². The highest BCUT2D eigenvalue weighted by atomic mass is 79.9. The van der Waals surface area contributed by atoms with Gasteiger partial charge < -0.3 is 10.2 Å². The fourth-order valence-electron chi connectivity index (χ4n) is 2.31. The number of furan rings is 1. The summed E-state index contributed by atoms with van der Waals surface area (Å²) in [7, 11) is 1.92. The Hall–Kier alpha value is -0.690. The lowest BCUT2D eigenvalue weighted by molar-refractivity contribution is 0.165. The molecule has 0 aliphatic rings. The van der Waals surface area contributed by atoms with Gasteiger partial charge in [-0.3, -0.25) is 4.90 Å². The molecule has 0 radical (unpaired) electrons. The highest BCUT2D eigenvalue weighted by molar-refractivity contribution is 9.13. The van der Waals surface area contributed by atoms with Gasteiger partial charge in [-0.05, 0) is 58.0 Å². The number of rotatable bonds is 5. The van der Waals surface area contributed by atoms with Crippen LogP contribution in [0.4, 0.5) is 4.39 Å². The molecule has 1 heterocycles. The molecule has 0 bridgehead atoms. The van der Waals surface area contributed by atoms with Gasteiger partial charge in [0.15, 0.2) is 4.67 Å². The molecule has 0 saturated carbocycles. The SMILES string of the molecule is CC(c1ccccc1F)N(C)C(CN)c1cc(Br)c(Br)o1. The molecule has 0 fully saturated rings. The molecule has 2 aromatic rings. The zero-order chi connectivity index (χ0) is 15.6. The molecule has 21 heavy (non-hydrogen) atoms. The van der Waals surface area contributed by atoms with E-state index in [1.807, 2.05) is 31.0 Å². The maximum Gasteiger partial charge on any atom is 0.183 e. The molecule has 1 aromatic carbocycles. The maximum atomic E-state index is 13.9. The molecule has 0 amide bonds. The Kier molecular flexibility index (Phi) is 5.60. The Morgan fingerprint density at radius 2 is 2.00 bits per heavy atom. The average Bonchev–Trinajstić information content (AvgIpc) is 2.79. The third-order valence-corrected chi connectivity index (χ3v) is 5.38. The molecule has 2 unspecified atom stereocenters. The Bertz CT molecular complexity index is 598. The summed E-state index contributed by atoms with van der Waals surface area (Å²) in [4.78, 5) is 2.01. The first-order valence-corrected chi connectivity index (χ1v) is 8.15. The van der Waals surface area contributed by atoms with Crippen LogP contribution in [-0.4, -0.2) is 18.5 Å². The summed E-state index contributed by atoms with van der Waals surface area (Å²) >= 11 is 6.72. The lowest BCUT2D eigenvalue weighted by Crippen LogP contribution is -2.32. The van der Waals surface area contributed by atoms with Gasteiger partial charge in [-0.15, -0.1) is 0 Å². The summed E-state index contributed by atoms with van der Waals surface area (Å²) < 4.78 is 21.1. The van der Waals surface area contributed by atoms with Gasteiger partial charge in [-0.1, -0.05) is 18.2 Å². The smallest absolute Gasteiger partial charge is 0.183 e. The highest BCUT2D eigenvalue weighted by Crippen LogP contribution is 2.34. The number of nitrogens with zero attached hydrogens (tertiary/aromatic N) is 1. The molecule has 2 rings (SSSR count). The van der Waals surface area contributed by atoms with Crippen LogP contribution in [0, 0.1) is 5.82 Å². The van der Waals surface area contributed by atoms with Crippen LogP contribution in [0.3, 0.4) is 0 Å². The van der Waals surface area contributed by atoms with Crippen LogP contribution in [0.25, 0.3) is 0 Å². The zero-order valence-electron chi connectivity index (χ0n) is 11.8. The quantitative estimate of drug-likeness (QED) is 0.767. The van der Waals surface area contributed by atoms with Gasteiger partial charge in [0.05, 0.1) is 10.5 Å². The fraction of sp³-hybridized carbons (Fsp3) is 0.333. The number of halogens is 3. The van der Waals surface area contributed by atoms with Crippen LogP contribution in [0.2, 0.25) is 0 Å². The molecule has 6 heteroatoms. The molecular weight excluding hydrogens is 403 g/mol. The van der Waals surface area contributed by atoms with Crippen molar-refractivity contribution in [3.63, 3.8) is 0 Å². The molecular formula is C15H17Br2FN2O. The molecule has 1 aromatic heterocycles. The first kappa shape index (κ1) is 16.7. The van der Waals surface area contributed by atoms with Crippen molar-refractivity contribution in [3.05, 3.63) is 56.6 Å². The minimum Gasteiger partial charge on any atom is -0.451 e. The first-order chi connectivity index (χ1) is 9.95. The van der Waals surface area contributed by atoms with Crippen LogP contribution in [0.15, 0.2) is 43.9 Å². The minimum atomic E-state index is -0.213. The van der Waals surface area contributed by atoms with Gasteiger partial charge in [0.25, 0.3) is 0 Å². The minimum absolute atomic E-state index is 0.123. The normalized spacial score (nSPS) is 14.4. The van der Waals surface area contributed by atoms with Crippen molar-refractivity contribution < 1.29 is 8.81 Å². The summed E-state index contributed by atoms with van der Waals surface area (Å²) in [5.74, 6) is 0.524. The second-order valence-corrected chi connectivity index (χ2v) is 6.46. The van der Waals surface area contributed by atoms with E-state index in [9.17, 15) is 4.39 Å². The fourth-order valence-corrected chi connectivity index (χ4v) is 2.92. The maximum absolute atomic E-state index is 13.9. The number of benzene rings is 1. The van der Waals surface area contributed by atoms with Crippen molar-refractivity contribution in [3.8, 4) is 0 Å². The topological polar surface area (TPSA) is 42.4 Å². The van der Waals surface area contributed by atoms with Gasteiger partial charge in [0, 0.05) is 18.2 Å². The van der Waals surface area contributed by atoms with Crippen molar-refractivity contribution in [2.75, 3.05) is 13.6 Å². The van der Waals surface area contributed by atoms with Crippen molar-refractivity contribution in [1.29, 1.82) is 0 Å². The molecule has 0 spiro atoms. The predicted octanol–water partition coefficient (Wildman–Crippen LogP) is 4.64. The predicted molar refractivity (Wildman–Crippen MR) is 88.5 cm³/mol. The monoisotopic (exact) mass is 418 g/mol. The molecule has 2 atom stereocenters. The zero-order valence-corrected chi connectivity index (χ0v) is 15.0. The molecule has 0 aliphatic carbocycles. The third-order valence-electron chi connectivity index (χ3n) is 3.67. The summed E-state index contributed by atoms with van der Waals surface area (Å²) in [6, 6.07) is 8.40. The Labute approximate surface area is 140 Å². The van der Waals surface area contributed by atoms with Gasteiger partial charge in [-0.25, -0.2) is 4.39 Å². The Morgan fingerprint density at radius 3 is 2.52 bits per heavy atom. The van der Waals surface area contributed by atoms with Crippen LogP contribution >= 0.6 is 31.9 Å². The van der Waals surface area contributed by atoms with Crippen LogP contribution in [-0.2, 0) is 0 Å². The lowest BCUT2D eigenvalue weighted by atomic mass is 10.0. The van der Waals surface area contributed by atoms with E-state index < -0.39 is 0 Å². The molecule has 3 nitrogen and oxygen atoms in total. The van der Waals surface area contributed by atoms with Crippen LogP contribution in [0.5, 0.6) is 0 Å². The molecule has 0 aliphatic heterocycles. The van der Waals surface area contributed by atoms with Gasteiger partial charge >= 0.3 is 0 Å². The van der Waals surface area contributed by atoms with Crippen molar-refractivity contribution in [2.24, 2.45) is 5.73 Å². The highest BCUT2D eigenvalue weighted by Gasteiger charge is 2.26. The third kappa shape index (κ3) is 3.56. The average molecular weight is 420 g/mol. The van der Waals surface area contributed by atoms with E-state index in [-0.39, 0.29) is 17.9 Å². The molecule has 0 saturated heterocycles. The number of hydrogen-bond donors (Lipinski definition) is 1. The van der Waals surface area contributed by atoms with Crippen molar-refractivity contribution in [2.45, 2.75) is 19.0 Å². The van der Waals surface area contributed by atoms with Crippen LogP contribution < -0.4 is 5.73 Å². The largest absolute Gasteiger partial charge is 0.451 e. The summed E-state index contributed by atoms with van der Waals surface area (Å²) in [5.41, 5.74) is 6.53. The van der Waals surface area contributed by atoms with E-state index in [1.165, 1.54) is 6.07 Å². The van der Waals surface area contributed by atoms with E-state index in [4.69, 9.17) is 10.2 Å². The van der Waals surface area contributed by atoms with Gasteiger partial charge in [0.1, 0.15) is 11.6 Å². The van der Waals surface area contributed by atoms with Crippen molar-refractivity contribution >= 4 is 31.9 Å². The van der Waals surface area contributed by atoms with Gasteiger partial charge in [0.2, 0.25) is 0 Å². The summed E-state index contributed by atoms with van der Waals surface area (Å²) in [6.45, 7) is 2.33. The summed E-state index contributed by atoms with van der Waals surface area (Å²) in [6.07, 6.45) is 0. The number of likely N-dealkylation sites (N-methyl/N-ethyl adjacent to an activating group) is 1. The molecule has 2 N–H and O–H groups in total. The standard InChI is InChI=1S/C15H17Br2FN2O/c1-9(10-5-3-4-6-12(10)18)20(2)13(8-19)14-7-11(16)15(17)21-14/h3-7,9,13H,8,19H2,1-2H3. The van der Waals surface area contributed by atoms with E-state index in [2.05, 4.69) is 31.9 Å². The first-order valence-electron chi connectivity index (χ1n) is 6.56. The van der Waals surface area contributed by atoms with Crippen LogP contribution in [0.1, 0.15) is 30.3 Å². The molecule has 114 valence electrons. The Balaban J connectivity index is 2.28. The second kappa shape index (κ2) is 7.05.